The molecule has 1 N–H and O–H groups in total. The van der Waals surface area contributed by atoms with Gasteiger partial charge in [-0.1, -0.05) is 19.3 Å². The maximum absolute atomic E-state index is 12.5. The summed E-state index contributed by atoms with van der Waals surface area (Å²) in [6.45, 7) is 2.09. The average molecular weight is 343 g/mol. The first-order valence-corrected chi connectivity index (χ1v) is 8.82. The number of hydrogen-bond acceptors (Lipinski definition) is 4. The third kappa shape index (κ3) is 4.56. The van der Waals surface area contributed by atoms with Crippen molar-refractivity contribution in [2.45, 2.75) is 51.7 Å². The maximum Gasteiger partial charge on any atom is 0.255 e. The van der Waals surface area contributed by atoms with E-state index in [2.05, 4.69) is 5.32 Å². The van der Waals surface area contributed by atoms with E-state index in [1.807, 2.05) is 31.2 Å². The summed E-state index contributed by atoms with van der Waals surface area (Å²) in [7, 11) is 1.63. The number of amides is 1. The summed E-state index contributed by atoms with van der Waals surface area (Å²) in [6.07, 6.45) is 5.78. The number of ether oxygens (including phenoxy) is 2. The van der Waals surface area contributed by atoms with Crippen molar-refractivity contribution in [3.05, 3.63) is 47.4 Å². The van der Waals surface area contributed by atoms with Crippen LogP contribution < -0.4 is 14.8 Å². The van der Waals surface area contributed by atoms with Gasteiger partial charge in [-0.15, -0.1) is 0 Å². The second kappa shape index (κ2) is 8.10. The number of rotatable bonds is 6. The second-order valence-corrected chi connectivity index (χ2v) is 6.46. The molecule has 0 spiro atoms. The van der Waals surface area contributed by atoms with E-state index in [1.165, 1.54) is 19.3 Å². The van der Waals surface area contributed by atoms with Crippen LogP contribution in [0.2, 0.25) is 0 Å². The topological polar surface area (TPSA) is 60.7 Å². The molecule has 2 aromatic rings. The lowest BCUT2D eigenvalue weighted by molar-refractivity contribution is 0.0926. The molecule has 0 aliphatic heterocycles. The number of benzene rings is 1. The number of methoxy groups -OCH3 is 1. The minimum absolute atomic E-state index is 0.0520. The minimum atomic E-state index is -0.0520. The van der Waals surface area contributed by atoms with Crippen LogP contribution in [-0.2, 0) is 6.61 Å². The predicted octanol–water partition coefficient (Wildman–Crippen LogP) is 4.24. The highest BCUT2D eigenvalue weighted by Crippen LogP contribution is 2.22. The lowest BCUT2D eigenvalue weighted by Crippen LogP contribution is -2.36. The first-order chi connectivity index (χ1) is 12.2. The van der Waals surface area contributed by atoms with Gasteiger partial charge in [-0.25, -0.2) is 0 Å². The van der Waals surface area contributed by atoms with Crippen molar-refractivity contribution in [2.75, 3.05) is 7.11 Å². The summed E-state index contributed by atoms with van der Waals surface area (Å²) in [4.78, 5) is 12.5. The molecule has 3 rings (SSSR count). The fourth-order valence-electron chi connectivity index (χ4n) is 3.18. The first-order valence-electron chi connectivity index (χ1n) is 8.82. The van der Waals surface area contributed by atoms with Crippen LogP contribution in [-0.4, -0.2) is 19.1 Å². The van der Waals surface area contributed by atoms with Crippen molar-refractivity contribution in [3.8, 4) is 11.5 Å². The van der Waals surface area contributed by atoms with Crippen LogP contribution in [0.4, 0.5) is 0 Å². The molecule has 0 unspecified atom stereocenters. The van der Waals surface area contributed by atoms with Crippen molar-refractivity contribution >= 4 is 5.91 Å². The molecule has 0 radical (unpaired) electrons. The van der Waals surface area contributed by atoms with Gasteiger partial charge < -0.3 is 19.2 Å². The van der Waals surface area contributed by atoms with E-state index < -0.39 is 0 Å². The largest absolute Gasteiger partial charge is 0.497 e. The standard InChI is InChI=1S/C20H25NO4/c1-14-19(20(22)21-15-6-4-3-5-7-15)12-18(25-14)13-24-17-10-8-16(23-2)9-11-17/h8-12,15H,3-7,13H2,1-2H3,(H,21,22). The molecule has 5 nitrogen and oxygen atoms in total. The molecule has 1 aliphatic rings. The normalized spacial score (nSPS) is 15.0. The van der Waals surface area contributed by atoms with Crippen molar-refractivity contribution in [1.29, 1.82) is 0 Å². The quantitative estimate of drug-likeness (QED) is 0.852. The van der Waals surface area contributed by atoms with E-state index in [1.54, 1.807) is 13.2 Å². The van der Waals surface area contributed by atoms with Gasteiger partial charge in [0.15, 0.2) is 0 Å². The van der Waals surface area contributed by atoms with Crippen LogP contribution >= 0.6 is 0 Å². The van der Waals surface area contributed by atoms with E-state index in [9.17, 15) is 4.79 Å². The van der Waals surface area contributed by atoms with Crippen LogP contribution in [0.25, 0.3) is 0 Å². The zero-order valence-corrected chi connectivity index (χ0v) is 14.8. The molecular formula is C20H25NO4. The summed E-state index contributed by atoms with van der Waals surface area (Å²) in [5, 5.41) is 3.12. The van der Waals surface area contributed by atoms with Crippen LogP contribution in [0.5, 0.6) is 11.5 Å². The maximum atomic E-state index is 12.5. The van der Waals surface area contributed by atoms with Gasteiger partial charge in [0.25, 0.3) is 5.91 Å². The molecule has 1 fully saturated rings. The molecule has 1 saturated carbocycles. The Hall–Kier alpha value is -2.43. The van der Waals surface area contributed by atoms with Gasteiger partial charge in [0.1, 0.15) is 29.6 Å². The highest BCUT2D eigenvalue weighted by atomic mass is 16.5. The molecule has 0 atom stereocenters. The predicted molar refractivity (Wildman–Crippen MR) is 95.1 cm³/mol. The van der Waals surface area contributed by atoms with Crippen LogP contribution in [0, 0.1) is 6.92 Å². The van der Waals surface area contributed by atoms with Crippen LogP contribution in [0.3, 0.4) is 0 Å². The summed E-state index contributed by atoms with van der Waals surface area (Å²) in [6, 6.07) is 9.42. The Bertz CT molecular complexity index is 699. The Kier molecular flexibility index (Phi) is 5.64. The zero-order chi connectivity index (χ0) is 17.6. The second-order valence-electron chi connectivity index (χ2n) is 6.46. The molecule has 0 saturated heterocycles. The third-order valence-corrected chi connectivity index (χ3v) is 4.59. The first kappa shape index (κ1) is 17.4. The van der Waals surface area contributed by atoms with Crippen LogP contribution in [0.15, 0.2) is 34.7 Å². The van der Waals surface area contributed by atoms with Gasteiger partial charge in [-0.2, -0.15) is 0 Å². The minimum Gasteiger partial charge on any atom is -0.497 e. The van der Waals surface area contributed by atoms with Crippen molar-refractivity contribution in [1.82, 2.24) is 5.32 Å². The smallest absolute Gasteiger partial charge is 0.255 e. The molecule has 1 aliphatic carbocycles. The van der Waals surface area contributed by atoms with E-state index >= 15 is 0 Å². The Labute approximate surface area is 148 Å². The average Bonchev–Trinajstić information content (AvgIpc) is 3.02. The fraction of sp³-hybridized carbons (Fsp3) is 0.450. The molecular weight excluding hydrogens is 318 g/mol. The fourth-order valence-corrected chi connectivity index (χ4v) is 3.18. The number of furan rings is 1. The Morgan fingerprint density at radius 3 is 2.52 bits per heavy atom. The lowest BCUT2D eigenvalue weighted by Gasteiger charge is -2.22. The molecule has 25 heavy (non-hydrogen) atoms. The van der Waals surface area contributed by atoms with E-state index in [4.69, 9.17) is 13.9 Å². The monoisotopic (exact) mass is 343 g/mol. The van der Waals surface area contributed by atoms with E-state index in [0.29, 0.717) is 17.1 Å². The van der Waals surface area contributed by atoms with Gasteiger partial charge in [-0.3, -0.25) is 4.79 Å². The van der Waals surface area contributed by atoms with Crippen molar-refractivity contribution in [2.24, 2.45) is 0 Å². The molecule has 1 aromatic heterocycles. The molecule has 1 amide bonds. The number of carbonyl (C=O) groups excluding carboxylic acids is 1. The molecule has 5 heteroatoms. The van der Waals surface area contributed by atoms with Crippen LogP contribution in [0.1, 0.15) is 54.0 Å². The SMILES string of the molecule is COc1ccc(OCc2cc(C(=O)NC3CCCCC3)c(C)o2)cc1. The van der Waals surface area contributed by atoms with Gasteiger partial charge in [0.2, 0.25) is 0 Å². The van der Waals surface area contributed by atoms with Gasteiger partial charge in [-0.05, 0) is 50.1 Å². The highest BCUT2D eigenvalue weighted by Gasteiger charge is 2.20. The Morgan fingerprint density at radius 1 is 1.16 bits per heavy atom. The van der Waals surface area contributed by atoms with Crippen molar-refractivity contribution in [3.63, 3.8) is 0 Å². The van der Waals surface area contributed by atoms with Gasteiger partial charge >= 0.3 is 0 Å². The molecule has 0 bridgehead atoms. The summed E-state index contributed by atoms with van der Waals surface area (Å²) in [5.41, 5.74) is 0.596. The number of aryl methyl sites for hydroxylation is 1. The third-order valence-electron chi connectivity index (χ3n) is 4.59. The Balaban J connectivity index is 1.58. The van der Waals surface area contributed by atoms with E-state index in [-0.39, 0.29) is 18.6 Å². The summed E-state index contributed by atoms with van der Waals surface area (Å²) in [5.74, 6) is 2.72. The number of nitrogens with one attached hydrogen (secondary N) is 1. The molecule has 1 aromatic carbocycles. The number of hydrogen-bond donors (Lipinski definition) is 1. The highest BCUT2D eigenvalue weighted by molar-refractivity contribution is 5.95. The molecule has 1 heterocycles. The lowest BCUT2D eigenvalue weighted by atomic mass is 9.95. The van der Waals surface area contributed by atoms with Gasteiger partial charge in [0.05, 0.1) is 12.7 Å². The summed E-state index contributed by atoms with van der Waals surface area (Å²) < 4.78 is 16.5. The molecule has 134 valence electrons. The van der Waals surface area contributed by atoms with Crippen molar-refractivity contribution < 1.29 is 18.7 Å². The van der Waals surface area contributed by atoms with Gasteiger partial charge in [0, 0.05) is 6.04 Å². The summed E-state index contributed by atoms with van der Waals surface area (Å²) >= 11 is 0. The number of carbonyl (C=O) groups is 1. The Morgan fingerprint density at radius 2 is 1.84 bits per heavy atom. The zero-order valence-electron chi connectivity index (χ0n) is 14.8. The van der Waals surface area contributed by atoms with E-state index in [0.717, 1.165) is 24.3 Å².